The first-order valence-corrected chi connectivity index (χ1v) is 11.3. The van der Waals surface area contributed by atoms with E-state index in [1.165, 1.54) is 6.42 Å². The minimum atomic E-state index is -0.590. The Hall–Kier alpha value is -0.200. The SMILES string of the molecule is CC1CCC2C3(C)COC(C)(C)OC3CC[C@]2(C)[C@@]12CCC(CO)(CCO)O2. The zero-order chi connectivity index (χ0) is 20.4. The van der Waals surface area contributed by atoms with E-state index >= 15 is 0 Å². The minimum Gasteiger partial charge on any atom is -0.396 e. The highest BCUT2D eigenvalue weighted by Crippen LogP contribution is 2.69. The minimum absolute atomic E-state index is 0.0108. The van der Waals surface area contributed by atoms with Crippen LogP contribution in [-0.4, -0.2) is 53.1 Å². The molecule has 1 spiro atoms. The van der Waals surface area contributed by atoms with Gasteiger partial charge < -0.3 is 24.4 Å². The van der Waals surface area contributed by atoms with E-state index in [9.17, 15) is 10.2 Å². The van der Waals surface area contributed by atoms with Gasteiger partial charge in [-0.1, -0.05) is 20.8 Å². The lowest BCUT2D eigenvalue weighted by Crippen LogP contribution is -2.69. The van der Waals surface area contributed by atoms with Gasteiger partial charge in [-0.25, -0.2) is 0 Å². The molecule has 5 heteroatoms. The molecule has 0 radical (unpaired) electrons. The van der Waals surface area contributed by atoms with Crippen LogP contribution in [0.1, 0.15) is 79.6 Å². The van der Waals surface area contributed by atoms with Crippen LogP contribution >= 0.6 is 0 Å². The highest BCUT2D eigenvalue weighted by atomic mass is 16.7. The molecule has 5 unspecified atom stereocenters. The molecule has 4 fully saturated rings. The molecular formula is C23H40O5. The molecule has 0 amide bonds. The van der Waals surface area contributed by atoms with Crippen molar-refractivity contribution in [2.24, 2.45) is 22.7 Å². The van der Waals surface area contributed by atoms with Crippen molar-refractivity contribution in [2.45, 2.75) is 103 Å². The Kier molecular flexibility index (Phi) is 5.00. The number of aliphatic hydroxyl groups excluding tert-OH is 2. The summed E-state index contributed by atoms with van der Waals surface area (Å²) in [6.07, 6.45) is 6.95. The molecule has 2 N–H and O–H groups in total. The Balaban J connectivity index is 1.70. The van der Waals surface area contributed by atoms with Crippen molar-refractivity contribution in [1.29, 1.82) is 0 Å². The van der Waals surface area contributed by atoms with Crippen LogP contribution in [0.15, 0.2) is 0 Å². The molecule has 5 nitrogen and oxygen atoms in total. The third-order valence-electron chi connectivity index (χ3n) is 9.24. The summed E-state index contributed by atoms with van der Waals surface area (Å²) in [5, 5.41) is 19.7. The molecule has 7 atom stereocenters. The van der Waals surface area contributed by atoms with Crippen molar-refractivity contribution in [3.63, 3.8) is 0 Å². The van der Waals surface area contributed by atoms with E-state index in [-0.39, 0.29) is 35.7 Å². The van der Waals surface area contributed by atoms with E-state index in [4.69, 9.17) is 14.2 Å². The first-order chi connectivity index (χ1) is 13.1. The first-order valence-electron chi connectivity index (χ1n) is 11.3. The number of fused-ring (bicyclic) bond motifs is 4. The Bertz CT molecular complexity index is 608. The van der Waals surface area contributed by atoms with Crippen molar-refractivity contribution in [3.8, 4) is 0 Å². The Labute approximate surface area is 170 Å². The summed E-state index contributed by atoms with van der Waals surface area (Å²) in [6.45, 7) is 12.0. The number of rotatable bonds is 3. The monoisotopic (exact) mass is 396 g/mol. The largest absolute Gasteiger partial charge is 0.396 e. The maximum atomic E-state index is 10.1. The van der Waals surface area contributed by atoms with Crippen molar-refractivity contribution in [1.82, 2.24) is 0 Å². The lowest BCUT2D eigenvalue weighted by atomic mass is 9.43. The van der Waals surface area contributed by atoms with Gasteiger partial charge >= 0.3 is 0 Å². The second-order valence-corrected chi connectivity index (χ2v) is 11.1. The van der Waals surface area contributed by atoms with E-state index < -0.39 is 11.4 Å². The van der Waals surface area contributed by atoms with Crippen LogP contribution in [-0.2, 0) is 14.2 Å². The van der Waals surface area contributed by atoms with Gasteiger partial charge in [0.25, 0.3) is 0 Å². The van der Waals surface area contributed by atoms with Crippen LogP contribution in [0.2, 0.25) is 0 Å². The van der Waals surface area contributed by atoms with Crippen LogP contribution in [0.4, 0.5) is 0 Å². The quantitative estimate of drug-likeness (QED) is 0.762. The summed E-state index contributed by atoms with van der Waals surface area (Å²) >= 11 is 0. The highest BCUT2D eigenvalue weighted by Gasteiger charge is 2.70. The lowest BCUT2D eigenvalue weighted by Gasteiger charge is -2.67. The molecule has 2 aliphatic heterocycles. The van der Waals surface area contributed by atoms with Gasteiger partial charge in [-0.05, 0) is 64.2 Å². The van der Waals surface area contributed by atoms with Gasteiger partial charge in [0.05, 0.1) is 30.5 Å². The summed E-state index contributed by atoms with van der Waals surface area (Å²) in [6, 6.07) is 0. The van der Waals surface area contributed by atoms with Gasteiger partial charge in [0.15, 0.2) is 5.79 Å². The molecule has 0 bridgehead atoms. The fourth-order valence-electron chi connectivity index (χ4n) is 7.57. The van der Waals surface area contributed by atoms with Gasteiger partial charge in [0.1, 0.15) is 0 Å². The van der Waals surface area contributed by atoms with Gasteiger partial charge in [-0.2, -0.15) is 0 Å². The van der Waals surface area contributed by atoms with Gasteiger partial charge in [0.2, 0.25) is 0 Å². The van der Waals surface area contributed by atoms with E-state index in [2.05, 4.69) is 20.8 Å². The van der Waals surface area contributed by atoms with E-state index in [0.717, 1.165) is 38.7 Å². The summed E-state index contributed by atoms with van der Waals surface area (Å²) in [5.41, 5.74) is -0.820. The summed E-state index contributed by atoms with van der Waals surface area (Å²) < 4.78 is 19.5. The van der Waals surface area contributed by atoms with Crippen LogP contribution in [0.5, 0.6) is 0 Å². The molecule has 2 saturated carbocycles. The molecular weight excluding hydrogens is 356 g/mol. The number of hydrogen-bond acceptors (Lipinski definition) is 5. The average molecular weight is 397 g/mol. The van der Waals surface area contributed by atoms with E-state index in [1.54, 1.807) is 0 Å². The van der Waals surface area contributed by atoms with E-state index in [1.807, 2.05) is 13.8 Å². The fourth-order valence-corrected chi connectivity index (χ4v) is 7.57. The normalized spacial score (nSPS) is 53.0. The molecule has 0 aromatic heterocycles. The first kappa shape index (κ1) is 21.0. The highest BCUT2D eigenvalue weighted by molar-refractivity contribution is 5.18. The second-order valence-electron chi connectivity index (χ2n) is 11.1. The maximum Gasteiger partial charge on any atom is 0.163 e. The van der Waals surface area contributed by atoms with Crippen molar-refractivity contribution >= 4 is 0 Å². The van der Waals surface area contributed by atoms with Gasteiger partial charge in [-0.15, -0.1) is 0 Å². The molecule has 2 aliphatic carbocycles. The van der Waals surface area contributed by atoms with Crippen LogP contribution in [0.3, 0.4) is 0 Å². The summed E-state index contributed by atoms with van der Waals surface area (Å²) in [5.74, 6) is 0.409. The maximum absolute atomic E-state index is 10.1. The van der Waals surface area contributed by atoms with Crippen molar-refractivity contribution in [2.75, 3.05) is 19.8 Å². The summed E-state index contributed by atoms with van der Waals surface area (Å²) in [4.78, 5) is 0. The molecule has 162 valence electrons. The standard InChI is InChI=1S/C23H40O5/c1-16-6-7-17-20(4)15-26-19(2,3)27-18(20)8-9-21(17,5)23(16)11-10-22(14-25,28-23)12-13-24/h16-18,24-25H,6-15H2,1-5H3/t16?,17?,18?,20?,21-,22?,23+/m0/s1. The molecule has 4 aliphatic rings. The third-order valence-corrected chi connectivity index (χ3v) is 9.24. The zero-order valence-electron chi connectivity index (χ0n) is 18.4. The Morgan fingerprint density at radius 1 is 0.964 bits per heavy atom. The van der Waals surface area contributed by atoms with Crippen molar-refractivity contribution < 1.29 is 24.4 Å². The number of ether oxygens (including phenoxy) is 3. The Morgan fingerprint density at radius 3 is 2.39 bits per heavy atom. The smallest absolute Gasteiger partial charge is 0.163 e. The van der Waals surface area contributed by atoms with Crippen molar-refractivity contribution in [3.05, 3.63) is 0 Å². The molecule has 0 aromatic rings. The fraction of sp³-hybridized carbons (Fsp3) is 1.00. The molecule has 2 saturated heterocycles. The second kappa shape index (κ2) is 6.65. The average Bonchev–Trinajstić information content (AvgIpc) is 3.03. The van der Waals surface area contributed by atoms with Gasteiger partial charge in [0, 0.05) is 23.9 Å². The van der Waals surface area contributed by atoms with Crippen LogP contribution < -0.4 is 0 Å². The van der Waals surface area contributed by atoms with Crippen LogP contribution in [0, 0.1) is 22.7 Å². The molecule has 0 aromatic carbocycles. The topological polar surface area (TPSA) is 68.2 Å². The summed E-state index contributed by atoms with van der Waals surface area (Å²) in [7, 11) is 0. The zero-order valence-corrected chi connectivity index (χ0v) is 18.4. The predicted molar refractivity (Wildman–Crippen MR) is 107 cm³/mol. The van der Waals surface area contributed by atoms with E-state index in [0.29, 0.717) is 18.3 Å². The number of aliphatic hydroxyl groups is 2. The molecule has 28 heavy (non-hydrogen) atoms. The number of hydrogen-bond donors (Lipinski definition) is 2. The molecule has 2 heterocycles. The van der Waals surface area contributed by atoms with Crippen LogP contribution in [0.25, 0.3) is 0 Å². The third kappa shape index (κ3) is 2.76. The lowest BCUT2D eigenvalue weighted by molar-refractivity contribution is -0.359. The molecule has 4 rings (SSSR count). The van der Waals surface area contributed by atoms with Gasteiger partial charge in [-0.3, -0.25) is 0 Å². The Morgan fingerprint density at radius 2 is 1.71 bits per heavy atom. The predicted octanol–water partition coefficient (Wildman–Crippen LogP) is 3.65.